The van der Waals surface area contributed by atoms with Gasteiger partial charge in [-0.2, -0.15) is 0 Å². The van der Waals surface area contributed by atoms with E-state index in [1.165, 1.54) is 89.9 Å². The van der Waals surface area contributed by atoms with E-state index in [2.05, 4.69) is 11.7 Å². The van der Waals surface area contributed by atoms with Crippen molar-refractivity contribution in [3.05, 3.63) is 0 Å². The minimum Gasteiger partial charge on any atom is -0.428 e. The number of esters is 1. The van der Waals surface area contributed by atoms with Crippen molar-refractivity contribution in [1.29, 1.82) is 0 Å². The molecule has 0 aliphatic heterocycles. The molecule has 0 saturated heterocycles. The zero-order valence-electron chi connectivity index (χ0n) is 20.3. The Bertz CT molecular complexity index is 431. The second-order valence-corrected chi connectivity index (χ2v) is 9.58. The van der Waals surface area contributed by atoms with Gasteiger partial charge < -0.3 is 15.2 Å². The Kier molecular flexibility index (Phi) is 18.0. The maximum atomic E-state index is 11.8. The van der Waals surface area contributed by atoms with Crippen molar-refractivity contribution >= 4 is 12.1 Å². The summed E-state index contributed by atoms with van der Waals surface area (Å²) >= 11 is 0. The zero-order chi connectivity index (χ0) is 22.7. The summed E-state index contributed by atoms with van der Waals surface area (Å²) in [6.45, 7) is 7.42. The standard InChI is InChI=1S/C25H49NO4/c1-5-6-7-8-9-10-11-12-13-14-15-16-17-18-19-20-21-22(26)23(27)29-24(28)30-25(2,3)4/h22H,5-21,26H2,1-4H3. The number of unbranched alkanes of at least 4 members (excludes halogenated alkanes) is 15. The van der Waals surface area contributed by atoms with Crippen LogP contribution >= 0.6 is 0 Å². The van der Waals surface area contributed by atoms with Crippen molar-refractivity contribution in [1.82, 2.24) is 0 Å². The molecule has 0 aliphatic rings. The van der Waals surface area contributed by atoms with Crippen LogP contribution in [0.4, 0.5) is 4.79 Å². The highest BCUT2D eigenvalue weighted by Crippen LogP contribution is 2.14. The summed E-state index contributed by atoms with van der Waals surface area (Å²) < 4.78 is 9.60. The first-order chi connectivity index (χ1) is 14.3. The Hall–Kier alpha value is -1.10. The molecule has 2 N–H and O–H groups in total. The number of carbonyl (C=O) groups excluding carboxylic acids is 2. The predicted octanol–water partition coefficient (Wildman–Crippen LogP) is 7.44. The Balaban J connectivity index is 3.41. The highest BCUT2D eigenvalue weighted by atomic mass is 16.7. The van der Waals surface area contributed by atoms with Crippen LogP contribution in [0.15, 0.2) is 0 Å². The number of nitrogens with two attached hydrogens (primary N) is 1. The molecule has 0 amide bonds. The molecule has 0 aromatic carbocycles. The lowest BCUT2D eigenvalue weighted by Crippen LogP contribution is -2.35. The van der Waals surface area contributed by atoms with Gasteiger partial charge in [-0.1, -0.05) is 110 Å². The third-order valence-corrected chi connectivity index (χ3v) is 5.24. The van der Waals surface area contributed by atoms with Gasteiger partial charge in [0.2, 0.25) is 0 Å². The molecule has 5 nitrogen and oxygen atoms in total. The number of carbonyl (C=O) groups is 2. The van der Waals surface area contributed by atoms with Crippen LogP contribution in [0.25, 0.3) is 0 Å². The molecule has 0 fully saturated rings. The minimum absolute atomic E-state index is 0.542. The van der Waals surface area contributed by atoms with E-state index >= 15 is 0 Å². The van der Waals surface area contributed by atoms with Crippen LogP contribution in [0.3, 0.4) is 0 Å². The van der Waals surface area contributed by atoms with Gasteiger partial charge in [0.05, 0.1) is 0 Å². The van der Waals surface area contributed by atoms with E-state index in [0.29, 0.717) is 6.42 Å². The fourth-order valence-corrected chi connectivity index (χ4v) is 3.46. The first-order valence-corrected chi connectivity index (χ1v) is 12.5. The molecular weight excluding hydrogens is 378 g/mol. The molecule has 0 saturated carbocycles. The third kappa shape index (κ3) is 20.2. The van der Waals surface area contributed by atoms with Gasteiger partial charge in [-0.25, -0.2) is 9.59 Å². The van der Waals surface area contributed by atoms with Crippen molar-refractivity contribution in [3.8, 4) is 0 Å². The van der Waals surface area contributed by atoms with Gasteiger partial charge in [0.25, 0.3) is 0 Å². The zero-order valence-corrected chi connectivity index (χ0v) is 20.3. The van der Waals surface area contributed by atoms with E-state index < -0.39 is 23.8 Å². The van der Waals surface area contributed by atoms with Crippen LogP contribution in [0.2, 0.25) is 0 Å². The van der Waals surface area contributed by atoms with E-state index in [0.717, 1.165) is 12.8 Å². The van der Waals surface area contributed by atoms with Crippen molar-refractivity contribution in [2.45, 2.75) is 148 Å². The smallest absolute Gasteiger partial charge is 0.428 e. The molecule has 0 aromatic heterocycles. The largest absolute Gasteiger partial charge is 0.516 e. The molecule has 1 unspecified atom stereocenters. The van der Waals surface area contributed by atoms with Crippen LogP contribution in [-0.4, -0.2) is 23.8 Å². The molecule has 0 heterocycles. The summed E-state index contributed by atoms with van der Waals surface area (Å²) in [5.74, 6) is -0.704. The normalized spacial score (nSPS) is 12.6. The first kappa shape index (κ1) is 28.9. The fourth-order valence-electron chi connectivity index (χ4n) is 3.46. The van der Waals surface area contributed by atoms with Crippen LogP contribution < -0.4 is 5.73 Å². The van der Waals surface area contributed by atoms with E-state index in [1.54, 1.807) is 20.8 Å². The average Bonchev–Trinajstić information content (AvgIpc) is 2.65. The van der Waals surface area contributed by atoms with Crippen LogP contribution in [0.1, 0.15) is 137 Å². The molecule has 5 heteroatoms. The Labute approximate surface area is 185 Å². The lowest BCUT2D eigenvalue weighted by atomic mass is 10.0. The molecule has 0 rings (SSSR count). The lowest BCUT2D eigenvalue weighted by molar-refractivity contribution is -0.143. The van der Waals surface area contributed by atoms with Crippen molar-refractivity contribution in [3.63, 3.8) is 0 Å². The lowest BCUT2D eigenvalue weighted by Gasteiger charge is -2.19. The van der Waals surface area contributed by atoms with Crippen molar-refractivity contribution in [2.24, 2.45) is 5.73 Å². The Morgan fingerprint density at radius 2 is 1.07 bits per heavy atom. The molecular formula is C25H49NO4. The van der Waals surface area contributed by atoms with E-state index in [-0.39, 0.29) is 0 Å². The summed E-state index contributed by atoms with van der Waals surface area (Å²) in [5.41, 5.74) is 5.12. The van der Waals surface area contributed by atoms with Gasteiger partial charge in [-0.05, 0) is 27.2 Å². The predicted molar refractivity (Wildman–Crippen MR) is 124 cm³/mol. The second kappa shape index (κ2) is 18.7. The van der Waals surface area contributed by atoms with Crippen molar-refractivity contribution in [2.75, 3.05) is 0 Å². The monoisotopic (exact) mass is 427 g/mol. The quantitative estimate of drug-likeness (QED) is 0.140. The van der Waals surface area contributed by atoms with Gasteiger partial charge in [0.1, 0.15) is 11.6 Å². The van der Waals surface area contributed by atoms with Gasteiger partial charge in [0.15, 0.2) is 0 Å². The molecule has 0 spiro atoms. The van der Waals surface area contributed by atoms with Gasteiger partial charge >= 0.3 is 12.1 Å². The highest BCUT2D eigenvalue weighted by Gasteiger charge is 2.23. The average molecular weight is 428 g/mol. The molecule has 0 aromatic rings. The van der Waals surface area contributed by atoms with E-state index in [4.69, 9.17) is 10.5 Å². The minimum atomic E-state index is -0.977. The molecule has 0 bridgehead atoms. The topological polar surface area (TPSA) is 78.6 Å². The summed E-state index contributed by atoms with van der Waals surface area (Å²) in [6, 6.07) is -0.760. The molecule has 0 radical (unpaired) electrons. The number of ether oxygens (including phenoxy) is 2. The van der Waals surface area contributed by atoms with Gasteiger partial charge in [-0.15, -0.1) is 0 Å². The number of hydrogen-bond acceptors (Lipinski definition) is 5. The second-order valence-electron chi connectivity index (χ2n) is 9.58. The molecule has 0 aliphatic carbocycles. The van der Waals surface area contributed by atoms with E-state index in [1.807, 2.05) is 0 Å². The van der Waals surface area contributed by atoms with Gasteiger partial charge in [-0.3, -0.25) is 0 Å². The number of hydrogen-bond donors (Lipinski definition) is 1. The maximum absolute atomic E-state index is 11.8. The summed E-state index contributed by atoms with van der Waals surface area (Å²) in [4.78, 5) is 23.3. The first-order valence-electron chi connectivity index (χ1n) is 12.5. The molecule has 1 atom stereocenters. The summed E-state index contributed by atoms with van der Waals surface area (Å²) in [7, 11) is 0. The van der Waals surface area contributed by atoms with E-state index in [9.17, 15) is 9.59 Å². The van der Waals surface area contributed by atoms with Crippen LogP contribution in [0, 0.1) is 0 Å². The maximum Gasteiger partial charge on any atom is 0.516 e. The molecule has 30 heavy (non-hydrogen) atoms. The van der Waals surface area contributed by atoms with Crippen molar-refractivity contribution < 1.29 is 19.1 Å². The van der Waals surface area contributed by atoms with Crippen LogP contribution in [-0.2, 0) is 14.3 Å². The molecule has 178 valence electrons. The van der Waals surface area contributed by atoms with Crippen LogP contribution in [0.5, 0.6) is 0 Å². The summed E-state index contributed by atoms with van der Waals surface area (Å²) in [6.07, 6.45) is 20.5. The summed E-state index contributed by atoms with van der Waals surface area (Å²) in [5, 5.41) is 0. The third-order valence-electron chi connectivity index (χ3n) is 5.24. The number of rotatable bonds is 18. The Morgan fingerprint density at radius 1 is 0.700 bits per heavy atom. The fraction of sp³-hybridized carbons (Fsp3) is 0.920. The SMILES string of the molecule is CCCCCCCCCCCCCCCCCCC(N)C(=O)OC(=O)OC(C)(C)C. The van der Waals surface area contributed by atoms with Gasteiger partial charge in [0, 0.05) is 0 Å². The Morgan fingerprint density at radius 3 is 1.43 bits per heavy atom. The highest BCUT2D eigenvalue weighted by molar-refractivity contribution is 5.85.